The molecule has 1 aromatic carbocycles. The normalized spacial score (nSPS) is 15.1. The van der Waals surface area contributed by atoms with Crippen molar-refractivity contribution in [3.63, 3.8) is 0 Å². The molecule has 2 rings (SSSR count). The number of aromatic nitrogens is 1. The number of unbranched alkanes of at least 4 members (excludes halogenated alkanes) is 1. The van der Waals surface area contributed by atoms with E-state index in [0.717, 1.165) is 0 Å². The topological polar surface area (TPSA) is 395 Å². The molecule has 0 bridgehead atoms. The zero-order valence-electron chi connectivity index (χ0n) is 34.0. The lowest BCUT2D eigenvalue weighted by atomic mass is 10.00. The van der Waals surface area contributed by atoms with E-state index in [1.807, 2.05) is 0 Å². The van der Waals surface area contributed by atoms with Crippen LogP contribution >= 0.6 is 0 Å². The highest BCUT2D eigenvalue weighted by atomic mass is 16.4. The third-order valence-electron chi connectivity index (χ3n) is 9.47. The number of aliphatic carboxylic acids is 3. The number of rotatable bonds is 27. The summed E-state index contributed by atoms with van der Waals surface area (Å²) in [6, 6.07) is -4.09. The molecule has 2 aromatic rings. The van der Waals surface area contributed by atoms with Gasteiger partial charge < -0.3 is 73.9 Å². The van der Waals surface area contributed by atoms with E-state index in [0.29, 0.717) is 22.9 Å². The molecule has 0 saturated heterocycles. The van der Waals surface area contributed by atoms with Gasteiger partial charge in [0.15, 0.2) is 0 Å². The second-order valence-electron chi connectivity index (χ2n) is 14.7. The number of benzene rings is 1. The maximum absolute atomic E-state index is 13.8. The van der Waals surface area contributed by atoms with Gasteiger partial charge in [0.2, 0.25) is 35.4 Å². The molecule has 0 aliphatic carbocycles. The largest absolute Gasteiger partial charge is 0.481 e. The molecule has 0 unspecified atom stereocenters. The maximum Gasteiger partial charge on any atom is 0.328 e. The SMILES string of the molecule is CC(C)[C@H](NC(=O)[C@H](CCCCN)NC(=O)[C@H](CCC(=O)O)NC(=O)[C@@H](N)[C@@H](C)O)C(=O)N[C@@H](CC(=O)O)C(=O)N[C@@H](Cc1c[nH]c2ccccc12)C(=O)N[C@@H](CO)C(=O)O. The lowest BCUT2D eigenvalue weighted by molar-refractivity contribution is -0.144. The fourth-order valence-electron chi connectivity index (χ4n) is 5.95. The molecule has 1 aromatic heterocycles. The van der Waals surface area contributed by atoms with Crippen LogP contribution in [0, 0.1) is 5.92 Å². The van der Waals surface area contributed by atoms with E-state index in [2.05, 4.69) is 36.9 Å². The summed E-state index contributed by atoms with van der Waals surface area (Å²) in [5.41, 5.74) is 12.5. The van der Waals surface area contributed by atoms with Gasteiger partial charge in [0.1, 0.15) is 42.3 Å². The van der Waals surface area contributed by atoms with Gasteiger partial charge in [-0.05, 0) is 56.7 Å². The molecule has 23 heteroatoms. The molecular formula is C38H57N9O14. The molecule has 1 heterocycles. The van der Waals surface area contributed by atoms with Crippen LogP contribution in [-0.2, 0) is 49.6 Å². The molecule has 0 fully saturated rings. The number of aromatic amines is 1. The van der Waals surface area contributed by atoms with Crippen molar-refractivity contribution in [1.82, 2.24) is 36.9 Å². The number of para-hydroxylation sites is 1. The average molecular weight is 864 g/mol. The Morgan fingerprint density at radius 3 is 1.79 bits per heavy atom. The zero-order chi connectivity index (χ0) is 46.0. The van der Waals surface area contributed by atoms with E-state index in [-0.39, 0.29) is 25.8 Å². The number of carboxylic acid groups (broad SMARTS) is 3. The number of nitrogens with two attached hydrogens (primary N) is 2. The van der Waals surface area contributed by atoms with Crippen molar-refractivity contribution in [3.8, 4) is 0 Å². The van der Waals surface area contributed by atoms with Crippen LogP contribution in [0.15, 0.2) is 30.5 Å². The molecule has 6 amide bonds. The van der Waals surface area contributed by atoms with Crippen LogP contribution in [-0.4, -0.2) is 145 Å². The number of carboxylic acids is 3. The molecule has 8 atom stereocenters. The number of hydrogen-bond donors (Lipinski definition) is 14. The summed E-state index contributed by atoms with van der Waals surface area (Å²) in [5.74, 6) is -11.3. The first-order valence-corrected chi connectivity index (χ1v) is 19.5. The number of H-pyrrole nitrogens is 1. The summed E-state index contributed by atoms with van der Waals surface area (Å²) >= 11 is 0. The predicted molar refractivity (Wildman–Crippen MR) is 215 cm³/mol. The summed E-state index contributed by atoms with van der Waals surface area (Å²) in [5, 5.41) is 62.3. The Morgan fingerprint density at radius 2 is 1.21 bits per heavy atom. The highest BCUT2D eigenvalue weighted by molar-refractivity contribution is 5.98. The third kappa shape index (κ3) is 16.4. The Bertz CT molecular complexity index is 1870. The number of amides is 6. The lowest BCUT2D eigenvalue weighted by Crippen LogP contribution is -2.61. The molecule has 0 aliphatic rings. The van der Waals surface area contributed by atoms with Crippen LogP contribution in [0.1, 0.15) is 64.9 Å². The van der Waals surface area contributed by atoms with Crippen LogP contribution in [0.2, 0.25) is 0 Å². The Hall–Kier alpha value is -6.17. The lowest BCUT2D eigenvalue weighted by Gasteiger charge is -2.28. The highest BCUT2D eigenvalue weighted by Gasteiger charge is 2.36. The van der Waals surface area contributed by atoms with Crippen molar-refractivity contribution in [2.75, 3.05) is 13.2 Å². The minimum atomic E-state index is -1.86. The quantitative estimate of drug-likeness (QED) is 0.0388. The van der Waals surface area contributed by atoms with Crippen molar-refractivity contribution in [2.24, 2.45) is 17.4 Å². The molecule has 16 N–H and O–H groups in total. The van der Waals surface area contributed by atoms with Gasteiger partial charge in [0.25, 0.3) is 0 Å². The predicted octanol–water partition coefficient (Wildman–Crippen LogP) is -3.47. The third-order valence-corrected chi connectivity index (χ3v) is 9.47. The second kappa shape index (κ2) is 24.8. The van der Waals surface area contributed by atoms with Gasteiger partial charge in [-0.25, -0.2) is 4.79 Å². The number of aliphatic hydroxyl groups excluding tert-OH is 2. The van der Waals surface area contributed by atoms with E-state index in [1.54, 1.807) is 30.5 Å². The van der Waals surface area contributed by atoms with E-state index in [4.69, 9.17) is 11.5 Å². The van der Waals surface area contributed by atoms with Crippen LogP contribution in [0.3, 0.4) is 0 Å². The summed E-state index contributed by atoms with van der Waals surface area (Å²) in [6.45, 7) is 3.48. The standard InChI is InChI=1S/C38H57N9O14/c1-18(2)31(47-33(55)23(10-6-7-13-39)42-32(54)24(11-12-28(50)51)43-36(58)30(40)19(3)49)37(59)45-26(15-29(52)53)35(57)44-25(34(56)46-27(17-48)38(60)61)14-20-16-41-22-9-5-4-8-21(20)22/h4-5,8-9,16,18-19,23-27,30-31,41,48-49H,6-7,10-15,17,39-40H2,1-3H3,(H,42,54)(H,43,58)(H,44,57)(H,45,59)(H,46,56)(H,47,55)(H,50,51)(H,52,53)(H,60,61)/t19-,23+,24+,25+,26+,27+,30+,31+/m1/s1. The first-order chi connectivity index (χ1) is 28.7. The smallest absolute Gasteiger partial charge is 0.328 e. The molecule has 338 valence electrons. The van der Waals surface area contributed by atoms with E-state index in [9.17, 15) is 68.7 Å². The summed E-state index contributed by atoms with van der Waals surface area (Å²) in [4.78, 5) is 119. The minimum Gasteiger partial charge on any atom is -0.481 e. The Kier molecular flexibility index (Phi) is 20.7. The van der Waals surface area contributed by atoms with Crippen molar-refractivity contribution in [2.45, 2.75) is 114 Å². The Balaban J connectivity index is 2.38. The monoisotopic (exact) mass is 863 g/mol. The van der Waals surface area contributed by atoms with Crippen LogP contribution in [0.5, 0.6) is 0 Å². The van der Waals surface area contributed by atoms with E-state index >= 15 is 0 Å². The van der Waals surface area contributed by atoms with Crippen LogP contribution in [0.4, 0.5) is 0 Å². The average Bonchev–Trinajstić information content (AvgIpc) is 3.60. The van der Waals surface area contributed by atoms with Crippen LogP contribution in [0.25, 0.3) is 10.9 Å². The van der Waals surface area contributed by atoms with Gasteiger partial charge in [-0.3, -0.25) is 38.4 Å². The van der Waals surface area contributed by atoms with Gasteiger partial charge >= 0.3 is 17.9 Å². The first kappa shape index (κ1) is 51.0. The second-order valence-corrected chi connectivity index (χ2v) is 14.7. The molecule has 0 radical (unpaired) electrons. The number of carbonyl (C=O) groups is 9. The van der Waals surface area contributed by atoms with Gasteiger partial charge in [-0.1, -0.05) is 32.0 Å². The van der Waals surface area contributed by atoms with Gasteiger partial charge in [-0.15, -0.1) is 0 Å². The molecule has 0 spiro atoms. The van der Waals surface area contributed by atoms with Gasteiger partial charge in [0.05, 0.1) is 19.1 Å². The summed E-state index contributed by atoms with van der Waals surface area (Å²) in [6.07, 6.45) is -1.39. The Morgan fingerprint density at radius 1 is 0.672 bits per heavy atom. The van der Waals surface area contributed by atoms with Crippen molar-refractivity contribution >= 4 is 64.3 Å². The minimum absolute atomic E-state index is 0.0447. The summed E-state index contributed by atoms with van der Waals surface area (Å²) < 4.78 is 0. The van der Waals surface area contributed by atoms with Gasteiger partial charge in [0, 0.05) is 29.9 Å². The van der Waals surface area contributed by atoms with Gasteiger partial charge in [-0.2, -0.15) is 0 Å². The number of nitrogens with one attached hydrogen (secondary N) is 7. The first-order valence-electron chi connectivity index (χ1n) is 19.5. The maximum atomic E-state index is 13.8. The Labute approximate surface area is 350 Å². The highest BCUT2D eigenvalue weighted by Crippen LogP contribution is 2.19. The van der Waals surface area contributed by atoms with Crippen molar-refractivity contribution in [1.29, 1.82) is 0 Å². The van der Waals surface area contributed by atoms with Crippen molar-refractivity contribution in [3.05, 3.63) is 36.0 Å². The fraction of sp³-hybridized carbons (Fsp3) is 0.553. The molecule has 23 nitrogen and oxygen atoms in total. The molecule has 0 aliphatic heterocycles. The number of aliphatic hydroxyl groups is 2. The number of carbonyl (C=O) groups excluding carboxylic acids is 6. The summed E-state index contributed by atoms with van der Waals surface area (Å²) in [7, 11) is 0. The number of fused-ring (bicyclic) bond motifs is 1. The van der Waals surface area contributed by atoms with Crippen LogP contribution < -0.4 is 43.4 Å². The zero-order valence-corrected chi connectivity index (χ0v) is 34.0. The molecular weight excluding hydrogens is 806 g/mol. The van der Waals surface area contributed by atoms with E-state index in [1.165, 1.54) is 20.8 Å². The van der Waals surface area contributed by atoms with Crippen molar-refractivity contribution < 1.29 is 68.7 Å². The number of hydrogen-bond acceptors (Lipinski definition) is 13. The van der Waals surface area contributed by atoms with E-state index < -0.39 is 134 Å². The molecule has 61 heavy (non-hydrogen) atoms. The molecule has 0 saturated carbocycles. The fourth-order valence-corrected chi connectivity index (χ4v) is 5.95.